The summed E-state index contributed by atoms with van der Waals surface area (Å²) >= 11 is 0. The molecule has 4 nitrogen and oxygen atoms in total. The van der Waals surface area contributed by atoms with Crippen LogP contribution >= 0.6 is 0 Å². The first-order valence-corrected chi connectivity index (χ1v) is 7.14. The van der Waals surface area contributed by atoms with E-state index in [4.69, 9.17) is 10.5 Å². The van der Waals surface area contributed by atoms with E-state index in [1.165, 1.54) is 45.3 Å². The number of hydrogen-bond acceptors (Lipinski definition) is 4. The van der Waals surface area contributed by atoms with E-state index in [2.05, 4.69) is 9.80 Å². The van der Waals surface area contributed by atoms with Crippen molar-refractivity contribution in [2.45, 2.75) is 31.7 Å². The third-order valence-electron chi connectivity index (χ3n) is 4.04. The lowest BCUT2D eigenvalue weighted by molar-refractivity contribution is 0.0347. The van der Waals surface area contributed by atoms with Crippen molar-refractivity contribution in [1.82, 2.24) is 9.80 Å². The van der Waals surface area contributed by atoms with Crippen molar-refractivity contribution in [3.63, 3.8) is 0 Å². The fraction of sp³-hybridized carbons (Fsp3) is 1.00. The van der Waals surface area contributed by atoms with Gasteiger partial charge < -0.3 is 10.5 Å². The molecule has 0 aromatic heterocycles. The highest BCUT2D eigenvalue weighted by Gasteiger charge is 2.20. The van der Waals surface area contributed by atoms with Gasteiger partial charge in [0.1, 0.15) is 0 Å². The van der Waals surface area contributed by atoms with Crippen LogP contribution < -0.4 is 5.73 Å². The molecule has 0 aliphatic carbocycles. The minimum atomic E-state index is 0.647. The van der Waals surface area contributed by atoms with Gasteiger partial charge in [0.25, 0.3) is 0 Å². The topological polar surface area (TPSA) is 41.7 Å². The quantitative estimate of drug-likeness (QED) is 0.762. The molecular formula is C13H27N3O. The number of hydrogen-bond donors (Lipinski definition) is 1. The van der Waals surface area contributed by atoms with E-state index in [-0.39, 0.29) is 0 Å². The van der Waals surface area contributed by atoms with Crippen LogP contribution in [0.25, 0.3) is 0 Å². The number of nitrogens with two attached hydrogens (primary N) is 1. The second-order valence-electron chi connectivity index (χ2n) is 5.23. The maximum Gasteiger partial charge on any atom is 0.0594 e. The molecule has 0 radical (unpaired) electrons. The fourth-order valence-electron chi connectivity index (χ4n) is 2.94. The Labute approximate surface area is 105 Å². The summed E-state index contributed by atoms with van der Waals surface area (Å²) in [4.78, 5) is 5.12. The van der Waals surface area contributed by atoms with Gasteiger partial charge >= 0.3 is 0 Å². The highest BCUT2D eigenvalue weighted by molar-refractivity contribution is 4.77. The first kappa shape index (κ1) is 13.3. The van der Waals surface area contributed by atoms with Crippen LogP contribution in [0.1, 0.15) is 25.7 Å². The van der Waals surface area contributed by atoms with Gasteiger partial charge in [0.2, 0.25) is 0 Å². The first-order valence-electron chi connectivity index (χ1n) is 7.14. The van der Waals surface area contributed by atoms with Crippen LogP contribution in [0, 0.1) is 0 Å². The first-order chi connectivity index (χ1) is 8.40. The molecule has 0 bridgehead atoms. The zero-order chi connectivity index (χ0) is 11.9. The van der Waals surface area contributed by atoms with E-state index in [1.54, 1.807) is 0 Å². The summed E-state index contributed by atoms with van der Waals surface area (Å²) in [6, 6.07) is 0.647. The molecule has 0 aromatic carbocycles. The molecular weight excluding hydrogens is 214 g/mol. The van der Waals surface area contributed by atoms with Gasteiger partial charge in [0.15, 0.2) is 0 Å². The summed E-state index contributed by atoms with van der Waals surface area (Å²) in [5, 5.41) is 0. The predicted molar refractivity (Wildman–Crippen MR) is 70.1 cm³/mol. The van der Waals surface area contributed by atoms with Crippen molar-refractivity contribution in [2.24, 2.45) is 5.73 Å². The molecule has 0 saturated carbocycles. The minimum absolute atomic E-state index is 0.647. The maximum atomic E-state index is 5.84. The molecule has 2 saturated heterocycles. The van der Waals surface area contributed by atoms with Gasteiger partial charge in [-0.2, -0.15) is 0 Å². The van der Waals surface area contributed by atoms with Crippen LogP contribution in [-0.4, -0.2) is 68.3 Å². The van der Waals surface area contributed by atoms with E-state index in [9.17, 15) is 0 Å². The largest absolute Gasteiger partial charge is 0.379 e. The summed E-state index contributed by atoms with van der Waals surface area (Å²) in [5.41, 5.74) is 5.84. The van der Waals surface area contributed by atoms with Crippen LogP contribution in [0.3, 0.4) is 0 Å². The number of nitrogens with zero attached hydrogens (tertiary/aromatic N) is 2. The van der Waals surface area contributed by atoms with Crippen LogP contribution in [0.5, 0.6) is 0 Å². The number of piperidine rings is 1. The Hall–Kier alpha value is -0.160. The van der Waals surface area contributed by atoms with Gasteiger partial charge in [-0.1, -0.05) is 6.42 Å². The molecule has 0 spiro atoms. The molecule has 2 fully saturated rings. The Balaban J connectivity index is 1.62. The monoisotopic (exact) mass is 241 g/mol. The Kier molecular flexibility index (Phi) is 5.71. The number of likely N-dealkylation sites (tertiary alicyclic amines) is 1. The smallest absolute Gasteiger partial charge is 0.0594 e. The second kappa shape index (κ2) is 7.31. The van der Waals surface area contributed by atoms with Gasteiger partial charge in [-0.25, -0.2) is 0 Å². The van der Waals surface area contributed by atoms with Crippen molar-refractivity contribution in [2.75, 3.05) is 52.5 Å². The molecule has 0 aromatic rings. The Morgan fingerprint density at radius 2 is 1.88 bits per heavy atom. The van der Waals surface area contributed by atoms with Gasteiger partial charge in [-0.15, -0.1) is 0 Å². The van der Waals surface area contributed by atoms with Crippen LogP contribution in [0.2, 0.25) is 0 Å². The average molecular weight is 241 g/mol. The molecule has 0 amide bonds. The minimum Gasteiger partial charge on any atom is -0.379 e. The van der Waals surface area contributed by atoms with Crippen LogP contribution in [0.15, 0.2) is 0 Å². The van der Waals surface area contributed by atoms with E-state index < -0.39 is 0 Å². The van der Waals surface area contributed by atoms with Gasteiger partial charge in [0, 0.05) is 25.7 Å². The highest BCUT2D eigenvalue weighted by atomic mass is 16.5. The normalized spacial score (nSPS) is 28.4. The summed E-state index contributed by atoms with van der Waals surface area (Å²) < 4.78 is 5.36. The predicted octanol–water partition coefficient (Wildman–Crippen LogP) is 0.522. The zero-order valence-electron chi connectivity index (χ0n) is 10.9. The summed E-state index contributed by atoms with van der Waals surface area (Å²) in [5.74, 6) is 0. The molecule has 2 aliphatic heterocycles. The molecule has 2 rings (SSSR count). The Morgan fingerprint density at radius 1 is 1.06 bits per heavy atom. The summed E-state index contributed by atoms with van der Waals surface area (Å²) in [6.45, 7) is 8.57. The average Bonchev–Trinajstić information content (AvgIpc) is 2.40. The van der Waals surface area contributed by atoms with Crippen molar-refractivity contribution in [3.8, 4) is 0 Å². The van der Waals surface area contributed by atoms with Crippen LogP contribution in [-0.2, 0) is 4.74 Å². The van der Waals surface area contributed by atoms with Crippen molar-refractivity contribution in [1.29, 1.82) is 0 Å². The molecule has 0 unspecified atom stereocenters. The Bertz CT molecular complexity index is 207. The van der Waals surface area contributed by atoms with Gasteiger partial charge in [-0.05, 0) is 38.9 Å². The SMILES string of the molecule is NC[C@@H]1CCCCN1CCCN1CCOCC1. The molecule has 17 heavy (non-hydrogen) atoms. The summed E-state index contributed by atoms with van der Waals surface area (Å²) in [7, 11) is 0. The van der Waals surface area contributed by atoms with E-state index in [0.717, 1.165) is 32.8 Å². The molecule has 2 N–H and O–H groups in total. The molecule has 100 valence electrons. The van der Waals surface area contributed by atoms with E-state index in [0.29, 0.717) is 6.04 Å². The molecule has 4 heteroatoms. The van der Waals surface area contributed by atoms with Crippen molar-refractivity contribution >= 4 is 0 Å². The van der Waals surface area contributed by atoms with Crippen LogP contribution in [0.4, 0.5) is 0 Å². The summed E-state index contributed by atoms with van der Waals surface area (Å²) in [6.07, 6.45) is 5.29. The molecule has 1 atom stereocenters. The van der Waals surface area contributed by atoms with E-state index in [1.807, 2.05) is 0 Å². The third-order valence-corrected chi connectivity index (χ3v) is 4.04. The highest BCUT2D eigenvalue weighted by Crippen LogP contribution is 2.16. The van der Waals surface area contributed by atoms with Gasteiger partial charge in [-0.3, -0.25) is 9.80 Å². The standard InChI is InChI=1S/C13H27N3O/c14-12-13-4-1-2-6-16(13)7-3-5-15-8-10-17-11-9-15/h13H,1-12,14H2/t13-/m0/s1. The molecule has 2 aliphatic rings. The zero-order valence-corrected chi connectivity index (χ0v) is 10.9. The lowest BCUT2D eigenvalue weighted by Gasteiger charge is -2.35. The molecule has 2 heterocycles. The van der Waals surface area contributed by atoms with Gasteiger partial charge in [0.05, 0.1) is 13.2 Å². The van der Waals surface area contributed by atoms with E-state index >= 15 is 0 Å². The number of ether oxygens (including phenoxy) is 1. The second-order valence-corrected chi connectivity index (χ2v) is 5.23. The number of morpholine rings is 1. The fourth-order valence-corrected chi connectivity index (χ4v) is 2.94. The number of rotatable bonds is 5. The Morgan fingerprint density at radius 3 is 2.65 bits per heavy atom. The van der Waals surface area contributed by atoms with Crippen molar-refractivity contribution in [3.05, 3.63) is 0 Å². The maximum absolute atomic E-state index is 5.84. The lowest BCUT2D eigenvalue weighted by atomic mass is 10.0. The van der Waals surface area contributed by atoms with Crippen molar-refractivity contribution < 1.29 is 4.74 Å². The third kappa shape index (κ3) is 4.21. The lowest BCUT2D eigenvalue weighted by Crippen LogP contribution is -2.45.